The van der Waals surface area contributed by atoms with E-state index in [4.69, 9.17) is 0 Å². The first-order valence-corrected chi connectivity index (χ1v) is 5.27. The number of aromatic nitrogens is 2. The highest BCUT2D eigenvalue weighted by atomic mass is 32.2. The molecule has 0 saturated carbocycles. The third-order valence-corrected chi connectivity index (χ3v) is 2.26. The maximum absolute atomic E-state index is 4.12. The van der Waals surface area contributed by atoms with Gasteiger partial charge in [0, 0.05) is 12.4 Å². The Labute approximate surface area is 92.4 Å². The van der Waals surface area contributed by atoms with Crippen molar-refractivity contribution < 1.29 is 0 Å². The lowest BCUT2D eigenvalue weighted by Gasteiger charge is -2.04. The van der Waals surface area contributed by atoms with E-state index in [2.05, 4.69) is 19.4 Å². The average molecular weight is 218 g/mol. The molecule has 4 nitrogen and oxygen atoms in total. The Morgan fingerprint density at radius 3 is 1.73 bits per heavy atom. The topological polar surface area (TPSA) is 49.8 Å². The van der Waals surface area contributed by atoms with E-state index >= 15 is 0 Å². The predicted molar refractivity (Wildman–Crippen MR) is 63.3 cm³/mol. The minimum absolute atomic E-state index is 0.811. The molecule has 0 amide bonds. The molecular formula is C10H10N4S. The Kier molecular flexibility index (Phi) is 3.40. The smallest absolute Gasteiger partial charge is 0.137 e. The second-order valence-corrected chi connectivity index (χ2v) is 3.35. The minimum Gasteiger partial charge on any atom is -0.297 e. The highest BCUT2D eigenvalue weighted by Crippen LogP contribution is 2.11. The molecule has 0 aromatic carbocycles. The summed E-state index contributed by atoms with van der Waals surface area (Å²) in [4.78, 5) is 8.24. The summed E-state index contributed by atoms with van der Waals surface area (Å²) in [6.07, 6.45) is 3.48. The third kappa shape index (κ3) is 3.14. The summed E-state index contributed by atoms with van der Waals surface area (Å²) in [5, 5.41) is 0. The van der Waals surface area contributed by atoms with Gasteiger partial charge in [-0.05, 0) is 24.3 Å². The molecule has 2 aromatic heterocycles. The molecule has 15 heavy (non-hydrogen) atoms. The zero-order chi connectivity index (χ0) is 10.3. The number of hydrogen-bond acceptors (Lipinski definition) is 5. The van der Waals surface area contributed by atoms with E-state index in [9.17, 15) is 0 Å². The number of nitrogens with one attached hydrogen (secondary N) is 2. The largest absolute Gasteiger partial charge is 0.297 e. The standard InChI is InChI=1S/C10H10N4S/c1-3-7-11-9(5-1)13-15-14-10-6-2-4-8-12-10/h1-8H,(H,11,13)(H,12,14). The maximum atomic E-state index is 4.12. The van der Waals surface area contributed by atoms with Gasteiger partial charge in [0.1, 0.15) is 11.6 Å². The van der Waals surface area contributed by atoms with Crippen LogP contribution < -0.4 is 9.44 Å². The second-order valence-electron chi connectivity index (χ2n) is 2.74. The van der Waals surface area contributed by atoms with Crippen molar-refractivity contribution in [3.8, 4) is 0 Å². The molecule has 0 unspecified atom stereocenters. The van der Waals surface area contributed by atoms with E-state index in [1.54, 1.807) is 12.4 Å². The van der Waals surface area contributed by atoms with Crippen LogP contribution >= 0.6 is 12.1 Å². The van der Waals surface area contributed by atoms with Gasteiger partial charge in [0.25, 0.3) is 0 Å². The van der Waals surface area contributed by atoms with E-state index in [0.717, 1.165) is 11.6 Å². The fraction of sp³-hybridized carbons (Fsp3) is 0. The monoisotopic (exact) mass is 218 g/mol. The lowest BCUT2D eigenvalue weighted by atomic mass is 10.5. The maximum Gasteiger partial charge on any atom is 0.137 e. The zero-order valence-electron chi connectivity index (χ0n) is 7.92. The molecule has 2 heterocycles. The van der Waals surface area contributed by atoms with Crippen molar-refractivity contribution in [3.63, 3.8) is 0 Å². The molecule has 0 aliphatic heterocycles. The van der Waals surface area contributed by atoms with Gasteiger partial charge in [0.15, 0.2) is 0 Å². The van der Waals surface area contributed by atoms with Crippen LogP contribution in [0.1, 0.15) is 0 Å². The highest BCUT2D eigenvalue weighted by molar-refractivity contribution is 8.01. The lowest BCUT2D eigenvalue weighted by Crippen LogP contribution is -1.96. The van der Waals surface area contributed by atoms with Crippen LogP contribution in [0, 0.1) is 0 Å². The summed E-state index contributed by atoms with van der Waals surface area (Å²) >= 11 is 1.33. The van der Waals surface area contributed by atoms with E-state index in [1.807, 2.05) is 36.4 Å². The van der Waals surface area contributed by atoms with Crippen LogP contribution in [-0.2, 0) is 0 Å². The summed E-state index contributed by atoms with van der Waals surface area (Å²) in [5.41, 5.74) is 0. The summed E-state index contributed by atoms with van der Waals surface area (Å²) in [7, 11) is 0. The zero-order valence-corrected chi connectivity index (χ0v) is 8.74. The Balaban J connectivity index is 1.81. The molecule has 2 aromatic rings. The first kappa shape index (κ1) is 9.79. The van der Waals surface area contributed by atoms with Gasteiger partial charge in [0.05, 0.1) is 12.1 Å². The Morgan fingerprint density at radius 1 is 0.800 bits per heavy atom. The van der Waals surface area contributed by atoms with Gasteiger partial charge in [-0.2, -0.15) is 0 Å². The summed E-state index contributed by atoms with van der Waals surface area (Å²) in [6.45, 7) is 0. The van der Waals surface area contributed by atoms with Crippen molar-refractivity contribution in [3.05, 3.63) is 48.8 Å². The van der Waals surface area contributed by atoms with Gasteiger partial charge in [-0.15, -0.1) is 0 Å². The van der Waals surface area contributed by atoms with Gasteiger partial charge in [-0.3, -0.25) is 9.44 Å². The number of hydrogen-bond donors (Lipinski definition) is 2. The molecule has 0 aliphatic carbocycles. The van der Waals surface area contributed by atoms with Crippen molar-refractivity contribution in [2.75, 3.05) is 9.44 Å². The molecule has 0 atom stereocenters. The van der Waals surface area contributed by atoms with Crippen molar-refractivity contribution in [1.82, 2.24) is 9.97 Å². The lowest BCUT2D eigenvalue weighted by molar-refractivity contribution is 1.33. The summed E-state index contributed by atoms with van der Waals surface area (Å²) in [6, 6.07) is 11.4. The van der Waals surface area contributed by atoms with Crippen molar-refractivity contribution >= 4 is 23.8 Å². The van der Waals surface area contributed by atoms with Crippen LogP contribution in [0.15, 0.2) is 48.8 Å². The van der Waals surface area contributed by atoms with Crippen LogP contribution in [0.2, 0.25) is 0 Å². The van der Waals surface area contributed by atoms with Crippen LogP contribution in [0.4, 0.5) is 11.6 Å². The molecule has 0 spiro atoms. The van der Waals surface area contributed by atoms with Crippen LogP contribution in [-0.4, -0.2) is 9.97 Å². The van der Waals surface area contributed by atoms with Crippen molar-refractivity contribution in [2.45, 2.75) is 0 Å². The summed E-state index contributed by atoms with van der Waals surface area (Å²) < 4.78 is 6.10. The van der Waals surface area contributed by atoms with Gasteiger partial charge in [0.2, 0.25) is 0 Å². The molecule has 2 N–H and O–H groups in total. The fourth-order valence-corrected chi connectivity index (χ4v) is 1.48. The second kappa shape index (κ2) is 5.21. The molecular weight excluding hydrogens is 208 g/mol. The SMILES string of the molecule is c1ccc(NSNc2ccccn2)nc1. The molecule has 0 fully saturated rings. The first-order chi connectivity index (χ1) is 7.45. The molecule has 0 aliphatic rings. The number of rotatable bonds is 4. The number of nitrogens with zero attached hydrogens (tertiary/aromatic N) is 2. The van der Waals surface area contributed by atoms with Gasteiger partial charge in [-0.1, -0.05) is 12.1 Å². The normalized spacial score (nSPS) is 9.60. The Hall–Kier alpha value is -1.75. The molecule has 2 rings (SSSR count). The quantitative estimate of drug-likeness (QED) is 0.772. The first-order valence-electron chi connectivity index (χ1n) is 4.45. The molecule has 5 heteroatoms. The van der Waals surface area contributed by atoms with Gasteiger partial charge >= 0.3 is 0 Å². The van der Waals surface area contributed by atoms with Crippen LogP contribution in [0.3, 0.4) is 0 Å². The van der Waals surface area contributed by atoms with Gasteiger partial charge in [-0.25, -0.2) is 9.97 Å². The Bertz CT molecular complexity index is 353. The predicted octanol–water partition coefficient (Wildman–Crippen LogP) is 2.56. The van der Waals surface area contributed by atoms with E-state index in [0.29, 0.717) is 0 Å². The molecule has 76 valence electrons. The van der Waals surface area contributed by atoms with E-state index in [1.165, 1.54) is 12.1 Å². The summed E-state index contributed by atoms with van der Waals surface area (Å²) in [5.74, 6) is 1.62. The fourth-order valence-electron chi connectivity index (χ4n) is 0.976. The van der Waals surface area contributed by atoms with Crippen LogP contribution in [0.25, 0.3) is 0 Å². The van der Waals surface area contributed by atoms with Crippen LogP contribution in [0.5, 0.6) is 0 Å². The molecule has 0 saturated heterocycles. The van der Waals surface area contributed by atoms with Gasteiger partial charge < -0.3 is 0 Å². The van der Waals surface area contributed by atoms with E-state index < -0.39 is 0 Å². The molecule has 0 bridgehead atoms. The van der Waals surface area contributed by atoms with E-state index in [-0.39, 0.29) is 0 Å². The van der Waals surface area contributed by atoms with Crippen molar-refractivity contribution in [2.24, 2.45) is 0 Å². The average Bonchev–Trinajstić information content (AvgIpc) is 2.32. The highest BCUT2D eigenvalue weighted by Gasteiger charge is 1.92. The molecule has 0 radical (unpaired) electrons. The third-order valence-electron chi connectivity index (χ3n) is 1.64. The number of anilines is 2. The van der Waals surface area contributed by atoms with Crippen molar-refractivity contribution in [1.29, 1.82) is 0 Å². The Morgan fingerprint density at radius 2 is 1.33 bits per heavy atom. The number of pyridine rings is 2. The minimum atomic E-state index is 0.811.